The summed E-state index contributed by atoms with van der Waals surface area (Å²) >= 11 is 4.90. The number of amides is 2. The van der Waals surface area contributed by atoms with E-state index in [1.54, 1.807) is 24.3 Å². The lowest BCUT2D eigenvalue weighted by molar-refractivity contribution is 0.262. The minimum atomic E-state index is -0.302. The van der Waals surface area contributed by atoms with Gasteiger partial charge in [-0.25, -0.2) is 4.79 Å². The smallest absolute Gasteiger partial charge is 0.323 e. The number of nitrogens with two attached hydrogens (primary N) is 1. The van der Waals surface area contributed by atoms with Crippen molar-refractivity contribution in [1.82, 2.24) is 4.57 Å². The van der Waals surface area contributed by atoms with Gasteiger partial charge in [0.05, 0.1) is 0 Å². The molecular weight excluding hydrogens is 308 g/mol. The number of aromatic nitrogens is 1. The third kappa shape index (κ3) is 3.32. The molecule has 0 aliphatic heterocycles. The zero-order valence-corrected chi connectivity index (χ0v) is 13.4. The van der Waals surface area contributed by atoms with Crippen LogP contribution in [0.2, 0.25) is 0 Å². The number of anilines is 2. The number of hydrogen-bond donors (Lipinski definition) is 3. The van der Waals surface area contributed by atoms with Crippen LogP contribution in [0.5, 0.6) is 0 Å². The summed E-state index contributed by atoms with van der Waals surface area (Å²) in [6.07, 6.45) is 1.98. The lowest BCUT2D eigenvalue weighted by Gasteiger charge is -2.08. The van der Waals surface area contributed by atoms with Crippen molar-refractivity contribution in [1.29, 1.82) is 0 Å². The van der Waals surface area contributed by atoms with Crippen LogP contribution in [0.4, 0.5) is 16.2 Å². The molecule has 0 aliphatic carbocycles. The van der Waals surface area contributed by atoms with Crippen LogP contribution in [0.3, 0.4) is 0 Å². The van der Waals surface area contributed by atoms with E-state index < -0.39 is 0 Å². The van der Waals surface area contributed by atoms with Crippen molar-refractivity contribution in [2.45, 2.75) is 0 Å². The third-order valence-corrected chi connectivity index (χ3v) is 3.81. The fourth-order valence-corrected chi connectivity index (χ4v) is 2.51. The number of carbonyl (C=O) groups excluding carboxylic acids is 1. The first-order chi connectivity index (χ1) is 11.0. The number of thiocarbonyl (C=S) groups is 1. The van der Waals surface area contributed by atoms with Crippen molar-refractivity contribution < 1.29 is 4.79 Å². The summed E-state index contributed by atoms with van der Waals surface area (Å²) in [6.45, 7) is 0. The van der Waals surface area contributed by atoms with Gasteiger partial charge in [0.1, 0.15) is 4.99 Å². The summed E-state index contributed by atoms with van der Waals surface area (Å²) in [5, 5.41) is 6.66. The van der Waals surface area contributed by atoms with Gasteiger partial charge in [0.2, 0.25) is 0 Å². The van der Waals surface area contributed by atoms with Crippen LogP contribution in [0.25, 0.3) is 10.9 Å². The van der Waals surface area contributed by atoms with E-state index >= 15 is 0 Å². The first kappa shape index (κ1) is 15.1. The summed E-state index contributed by atoms with van der Waals surface area (Å²) in [6, 6.07) is 14.5. The highest BCUT2D eigenvalue weighted by Gasteiger charge is 2.05. The Bertz CT molecular complexity index is 883. The summed E-state index contributed by atoms with van der Waals surface area (Å²) in [5.41, 5.74) is 8.83. The van der Waals surface area contributed by atoms with Crippen molar-refractivity contribution in [3.63, 3.8) is 0 Å². The van der Waals surface area contributed by atoms with E-state index in [-0.39, 0.29) is 6.03 Å². The van der Waals surface area contributed by atoms with Crippen molar-refractivity contribution >= 4 is 45.5 Å². The van der Waals surface area contributed by atoms with Gasteiger partial charge in [0, 0.05) is 41.1 Å². The Hall–Kier alpha value is -2.86. The highest BCUT2D eigenvalue weighted by atomic mass is 32.1. The third-order valence-electron chi connectivity index (χ3n) is 3.57. The Morgan fingerprint density at radius 3 is 2.39 bits per heavy atom. The maximum Gasteiger partial charge on any atom is 0.323 e. The molecule has 4 N–H and O–H groups in total. The van der Waals surface area contributed by atoms with Crippen molar-refractivity contribution in [3.8, 4) is 0 Å². The Morgan fingerprint density at radius 2 is 1.70 bits per heavy atom. The average Bonchev–Trinajstić information content (AvgIpc) is 2.88. The van der Waals surface area contributed by atoms with Crippen molar-refractivity contribution in [2.75, 3.05) is 10.6 Å². The van der Waals surface area contributed by atoms with Gasteiger partial charge in [-0.15, -0.1) is 0 Å². The first-order valence-corrected chi connectivity index (χ1v) is 7.47. The van der Waals surface area contributed by atoms with E-state index in [2.05, 4.69) is 10.6 Å². The number of nitrogens with one attached hydrogen (secondary N) is 2. The van der Waals surface area contributed by atoms with E-state index in [1.807, 2.05) is 42.1 Å². The second-order valence-corrected chi connectivity index (χ2v) is 5.66. The normalized spacial score (nSPS) is 10.5. The minimum Gasteiger partial charge on any atom is -0.389 e. The maximum absolute atomic E-state index is 12.1. The van der Waals surface area contributed by atoms with Gasteiger partial charge in [-0.3, -0.25) is 0 Å². The van der Waals surface area contributed by atoms with Crippen LogP contribution < -0.4 is 16.4 Å². The van der Waals surface area contributed by atoms with Gasteiger partial charge in [-0.2, -0.15) is 0 Å². The van der Waals surface area contributed by atoms with Crippen LogP contribution in [0.15, 0.2) is 54.7 Å². The summed E-state index contributed by atoms with van der Waals surface area (Å²) in [5.74, 6) is 0. The van der Waals surface area contributed by atoms with Crippen LogP contribution in [-0.4, -0.2) is 15.6 Å². The molecule has 0 spiro atoms. The van der Waals surface area contributed by atoms with Gasteiger partial charge in [0.15, 0.2) is 0 Å². The molecule has 0 aliphatic rings. The second kappa shape index (κ2) is 6.10. The Labute approximate surface area is 139 Å². The average molecular weight is 324 g/mol. The monoisotopic (exact) mass is 324 g/mol. The Kier molecular flexibility index (Phi) is 3.99. The van der Waals surface area contributed by atoms with E-state index in [0.29, 0.717) is 10.7 Å². The van der Waals surface area contributed by atoms with Crippen LogP contribution >= 0.6 is 12.2 Å². The zero-order chi connectivity index (χ0) is 16.4. The topological polar surface area (TPSA) is 72.1 Å². The Morgan fingerprint density at radius 1 is 1.04 bits per heavy atom. The van der Waals surface area contributed by atoms with Crippen LogP contribution in [0.1, 0.15) is 5.56 Å². The molecule has 0 fully saturated rings. The number of benzene rings is 2. The molecule has 6 heteroatoms. The van der Waals surface area contributed by atoms with Gasteiger partial charge in [0.25, 0.3) is 0 Å². The molecule has 3 aromatic rings. The lowest BCUT2D eigenvalue weighted by atomic mass is 10.2. The van der Waals surface area contributed by atoms with E-state index in [9.17, 15) is 4.79 Å². The molecule has 23 heavy (non-hydrogen) atoms. The number of carbonyl (C=O) groups is 1. The molecule has 0 unspecified atom stereocenters. The molecular formula is C17H16N4OS. The molecule has 116 valence electrons. The predicted octanol–water partition coefficient (Wildman–Crippen LogP) is 3.46. The fourth-order valence-electron chi connectivity index (χ4n) is 2.37. The molecule has 0 radical (unpaired) electrons. The molecule has 0 saturated heterocycles. The summed E-state index contributed by atoms with van der Waals surface area (Å²) in [4.78, 5) is 12.4. The molecule has 1 aromatic heterocycles. The molecule has 0 atom stereocenters. The number of aryl methyl sites for hydroxylation is 1. The number of hydrogen-bond acceptors (Lipinski definition) is 2. The lowest BCUT2D eigenvalue weighted by Crippen LogP contribution is -2.19. The quantitative estimate of drug-likeness (QED) is 0.646. The number of fused-ring (bicyclic) bond motifs is 1. The van der Waals surface area contributed by atoms with E-state index in [0.717, 1.165) is 22.2 Å². The highest BCUT2D eigenvalue weighted by Crippen LogP contribution is 2.20. The predicted molar refractivity (Wildman–Crippen MR) is 97.9 cm³/mol. The van der Waals surface area contributed by atoms with Crippen molar-refractivity contribution in [3.05, 3.63) is 60.3 Å². The fraction of sp³-hybridized carbons (Fsp3) is 0.0588. The van der Waals surface area contributed by atoms with Gasteiger partial charge in [-0.1, -0.05) is 12.2 Å². The molecule has 2 aromatic carbocycles. The number of rotatable bonds is 3. The Balaban J connectivity index is 1.69. The summed E-state index contributed by atoms with van der Waals surface area (Å²) in [7, 11) is 1.98. The SMILES string of the molecule is Cn1ccc2cc(NC(=O)Nc3ccc(C(N)=S)cc3)ccc21. The van der Waals surface area contributed by atoms with Gasteiger partial charge in [-0.05, 0) is 48.5 Å². The molecule has 5 nitrogen and oxygen atoms in total. The standard InChI is InChI=1S/C17H16N4OS/c1-21-9-8-12-10-14(6-7-15(12)21)20-17(22)19-13-4-2-11(3-5-13)16(18)23/h2-10H,1H3,(H2,18,23)(H2,19,20,22). The first-order valence-electron chi connectivity index (χ1n) is 7.06. The molecule has 2 amide bonds. The minimum absolute atomic E-state index is 0.302. The van der Waals surface area contributed by atoms with E-state index in [1.165, 1.54) is 0 Å². The van der Waals surface area contributed by atoms with Crippen molar-refractivity contribution in [2.24, 2.45) is 12.8 Å². The van der Waals surface area contributed by atoms with Crippen LogP contribution in [-0.2, 0) is 7.05 Å². The maximum atomic E-state index is 12.1. The summed E-state index contributed by atoms with van der Waals surface area (Å²) < 4.78 is 2.03. The molecule has 1 heterocycles. The van der Waals surface area contributed by atoms with Gasteiger partial charge >= 0.3 is 6.03 Å². The second-order valence-electron chi connectivity index (χ2n) is 5.22. The zero-order valence-electron chi connectivity index (χ0n) is 12.5. The number of nitrogens with zero attached hydrogens (tertiary/aromatic N) is 1. The van der Waals surface area contributed by atoms with Gasteiger partial charge < -0.3 is 20.9 Å². The molecule has 3 rings (SSSR count). The highest BCUT2D eigenvalue weighted by molar-refractivity contribution is 7.80. The van der Waals surface area contributed by atoms with E-state index in [4.69, 9.17) is 18.0 Å². The molecule has 0 bridgehead atoms. The largest absolute Gasteiger partial charge is 0.389 e. The number of urea groups is 1. The molecule has 0 saturated carbocycles. The van der Waals surface area contributed by atoms with Crippen LogP contribution in [0, 0.1) is 0 Å².